The summed E-state index contributed by atoms with van der Waals surface area (Å²) < 4.78 is 5.08. The Morgan fingerprint density at radius 3 is 2.95 bits per heavy atom. The van der Waals surface area contributed by atoms with E-state index in [2.05, 4.69) is 25.7 Å². The van der Waals surface area contributed by atoms with Crippen molar-refractivity contribution in [1.29, 1.82) is 0 Å². The Hall–Kier alpha value is -1.35. The molecule has 0 aromatic carbocycles. The zero-order valence-electron chi connectivity index (χ0n) is 12.3. The Morgan fingerprint density at radius 1 is 1.60 bits per heavy atom. The van der Waals surface area contributed by atoms with Gasteiger partial charge in [0.05, 0.1) is 23.6 Å². The van der Waals surface area contributed by atoms with Crippen molar-refractivity contribution in [2.75, 3.05) is 26.8 Å². The number of ether oxygens (including phenoxy) is 1. The van der Waals surface area contributed by atoms with Gasteiger partial charge in [-0.25, -0.2) is 0 Å². The van der Waals surface area contributed by atoms with E-state index in [1.165, 1.54) is 11.3 Å². The topological polar surface area (TPSA) is 55.6 Å². The molecule has 1 rings (SSSR count). The van der Waals surface area contributed by atoms with Crippen molar-refractivity contribution in [3.63, 3.8) is 0 Å². The largest absolute Gasteiger partial charge is 0.383 e. The third-order valence-electron chi connectivity index (χ3n) is 3.08. The molecular weight excluding hydrogens is 272 g/mol. The molecule has 0 aliphatic carbocycles. The maximum absolute atomic E-state index is 12.5. The number of methoxy groups -OCH3 is 1. The Labute approximate surface area is 124 Å². The number of nitrogens with zero attached hydrogens (tertiary/aromatic N) is 1. The fourth-order valence-corrected chi connectivity index (χ4v) is 2.50. The van der Waals surface area contributed by atoms with Crippen LogP contribution >= 0.6 is 11.3 Å². The van der Waals surface area contributed by atoms with Crippen molar-refractivity contribution in [3.05, 3.63) is 21.9 Å². The van der Waals surface area contributed by atoms with Crippen molar-refractivity contribution < 1.29 is 9.53 Å². The molecule has 0 aliphatic rings. The Bertz CT molecular complexity index is 488. The van der Waals surface area contributed by atoms with Gasteiger partial charge in [-0.15, -0.1) is 11.3 Å². The average molecular weight is 294 g/mol. The van der Waals surface area contributed by atoms with Gasteiger partial charge in [-0.3, -0.25) is 4.79 Å². The molecule has 0 aliphatic heterocycles. The van der Waals surface area contributed by atoms with E-state index in [1.54, 1.807) is 7.11 Å². The van der Waals surface area contributed by atoms with E-state index in [1.807, 2.05) is 16.3 Å². The van der Waals surface area contributed by atoms with Crippen LogP contribution in [-0.2, 0) is 4.74 Å². The molecule has 1 unspecified atom stereocenters. The van der Waals surface area contributed by atoms with Crippen LogP contribution in [0.15, 0.2) is 11.4 Å². The van der Waals surface area contributed by atoms with Crippen LogP contribution in [0.3, 0.4) is 0 Å². The summed E-state index contributed by atoms with van der Waals surface area (Å²) in [5, 5.41) is 1.85. The van der Waals surface area contributed by atoms with Gasteiger partial charge in [0.2, 0.25) is 0 Å². The van der Waals surface area contributed by atoms with Crippen LogP contribution in [-0.4, -0.2) is 43.7 Å². The average Bonchev–Trinajstić information content (AvgIpc) is 2.93. The number of carbonyl (C=O) groups is 1. The molecule has 0 spiro atoms. The second-order valence-electron chi connectivity index (χ2n) is 4.45. The first-order chi connectivity index (χ1) is 9.63. The highest BCUT2D eigenvalue weighted by molar-refractivity contribution is 7.10. The van der Waals surface area contributed by atoms with Gasteiger partial charge in [-0.05, 0) is 19.4 Å². The summed E-state index contributed by atoms with van der Waals surface area (Å²) >= 11 is 1.47. The van der Waals surface area contributed by atoms with E-state index in [9.17, 15) is 4.79 Å². The summed E-state index contributed by atoms with van der Waals surface area (Å²) in [6.07, 6.45) is 0.916. The van der Waals surface area contributed by atoms with Crippen LogP contribution in [0.4, 0.5) is 0 Å². The summed E-state index contributed by atoms with van der Waals surface area (Å²) in [7, 11) is 1.64. The predicted octanol–water partition coefficient (Wildman–Crippen LogP) is 1.95. The van der Waals surface area contributed by atoms with Crippen molar-refractivity contribution in [1.82, 2.24) is 4.90 Å². The second-order valence-corrected chi connectivity index (χ2v) is 5.37. The molecule has 1 atom stereocenters. The van der Waals surface area contributed by atoms with Gasteiger partial charge >= 0.3 is 0 Å². The second kappa shape index (κ2) is 8.75. The lowest BCUT2D eigenvalue weighted by molar-refractivity contribution is 0.0614. The zero-order valence-corrected chi connectivity index (χ0v) is 13.1. The smallest absolute Gasteiger partial charge is 0.255 e. The Morgan fingerprint density at radius 2 is 2.35 bits per heavy atom. The summed E-state index contributed by atoms with van der Waals surface area (Å²) in [5.41, 5.74) is 6.03. The van der Waals surface area contributed by atoms with Crippen molar-refractivity contribution in [3.8, 4) is 11.8 Å². The molecule has 0 saturated heterocycles. The zero-order chi connectivity index (χ0) is 15.0. The lowest BCUT2D eigenvalue weighted by Crippen LogP contribution is -2.40. The van der Waals surface area contributed by atoms with Crippen molar-refractivity contribution in [2.45, 2.75) is 26.3 Å². The van der Waals surface area contributed by atoms with E-state index in [-0.39, 0.29) is 11.9 Å². The number of rotatable bonds is 6. The number of thiophene rings is 1. The first-order valence-corrected chi connectivity index (χ1v) is 7.59. The lowest BCUT2D eigenvalue weighted by Gasteiger charge is -2.28. The quantitative estimate of drug-likeness (QED) is 0.816. The van der Waals surface area contributed by atoms with E-state index in [4.69, 9.17) is 10.5 Å². The van der Waals surface area contributed by atoms with E-state index in [0.29, 0.717) is 25.3 Å². The van der Waals surface area contributed by atoms with E-state index in [0.717, 1.165) is 11.3 Å². The minimum Gasteiger partial charge on any atom is -0.383 e. The van der Waals surface area contributed by atoms with Gasteiger partial charge in [0.15, 0.2) is 0 Å². The maximum Gasteiger partial charge on any atom is 0.255 e. The number of hydrogen-bond acceptors (Lipinski definition) is 4. The van der Waals surface area contributed by atoms with E-state index >= 15 is 0 Å². The molecule has 1 aromatic heterocycles. The van der Waals surface area contributed by atoms with Crippen LogP contribution in [0, 0.1) is 11.8 Å². The maximum atomic E-state index is 12.5. The minimum absolute atomic E-state index is 0.0356. The molecule has 1 heterocycles. The van der Waals surface area contributed by atoms with Gasteiger partial charge in [-0.1, -0.05) is 18.8 Å². The first-order valence-electron chi connectivity index (χ1n) is 6.71. The molecule has 0 bridgehead atoms. The van der Waals surface area contributed by atoms with Gasteiger partial charge in [0.25, 0.3) is 5.91 Å². The van der Waals surface area contributed by atoms with Crippen LogP contribution < -0.4 is 5.73 Å². The molecule has 1 aromatic rings. The summed E-state index contributed by atoms with van der Waals surface area (Å²) in [6.45, 7) is 5.59. The highest BCUT2D eigenvalue weighted by Crippen LogP contribution is 2.17. The monoisotopic (exact) mass is 294 g/mol. The highest BCUT2D eigenvalue weighted by atomic mass is 32.1. The fraction of sp³-hybridized carbons (Fsp3) is 0.533. The summed E-state index contributed by atoms with van der Waals surface area (Å²) in [4.78, 5) is 15.3. The molecule has 4 nitrogen and oxygen atoms in total. The van der Waals surface area contributed by atoms with Gasteiger partial charge in [0, 0.05) is 25.1 Å². The standard InChI is InChI=1S/C15H22N2O2S/c1-4-12(2)17(8-9-19-3)15(18)13-10-14(20-11-13)6-5-7-16/h10-12H,4,7-9,16H2,1-3H3. The number of nitrogens with two attached hydrogens (primary N) is 1. The van der Waals surface area contributed by atoms with E-state index < -0.39 is 0 Å². The molecule has 20 heavy (non-hydrogen) atoms. The number of hydrogen-bond donors (Lipinski definition) is 1. The molecule has 5 heteroatoms. The Balaban J connectivity index is 2.85. The van der Waals surface area contributed by atoms with Crippen LogP contribution in [0.1, 0.15) is 35.5 Å². The summed E-state index contributed by atoms with van der Waals surface area (Å²) in [5.74, 6) is 5.79. The third-order valence-corrected chi connectivity index (χ3v) is 3.93. The molecule has 2 N–H and O–H groups in total. The lowest BCUT2D eigenvalue weighted by atomic mass is 10.2. The minimum atomic E-state index is 0.0356. The van der Waals surface area contributed by atoms with Crippen LogP contribution in [0.2, 0.25) is 0 Å². The fourth-order valence-electron chi connectivity index (χ4n) is 1.75. The molecule has 0 radical (unpaired) electrons. The number of carbonyl (C=O) groups excluding carboxylic acids is 1. The first kappa shape index (κ1) is 16.7. The van der Waals surface area contributed by atoms with Gasteiger partial charge in [0.1, 0.15) is 0 Å². The molecule has 0 saturated carbocycles. The SMILES string of the molecule is CCC(C)N(CCOC)C(=O)c1csc(C#CCN)c1. The highest BCUT2D eigenvalue weighted by Gasteiger charge is 2.21. The van der Waals surface area contributed by atoms with Gasteiger partial charge < -0.3 is 15.4 Å². The van der Waals surface area contributed by atoms with Crippen molar-refractivity contribution >= 4 is 17.2 Å². The van der Waals surface area contributed by atoms with Crippen LogP contribution in [0.25, 0.3) is 0 Å². The third kappa shape index (κ3) is 4.64. The number of amides is 1. The van der Waals surface area contributed by atoms with Crippen LogP contribution in [0.5, 0.6) is 0 Å². The van der Waals surface area contributed by atoms with Crippen molar-refractivity contribution in [2.24, 2.45) is 5.73 Å². The summed E-state index contributed by atoms with van der Waals surface area (Å²) in [6, 6.07) is 2.02. The Kier molecular flexibility index (Phi) is 7.31. The normalized spacial score (nSPS) is 11.6. The molecule has 110 valence electrons. The predicted molar refractivity (Wildman–Crippen MR) is 82.9 cm³/mol. The van der Waals surface area contributed by atoms with Gasteiger partial charge in [-0.2, -0.15) is 0 Å². The molecule has 1 amide bonds. The molecular formula is C15H22N2O2S. The molecule has 0 fully saturated rings.